The van der Waals surface area contributed by atoms with Crippen molar-refractivity contribution in [1.82, 2.24) is 20.8 Å². The molecule has 0 amide bonds. The summed E-state index contributed by atoms with van der Waals surface area (Å²) in [5.74, 6) is 0.436. The van der Waals surface area contributed by atoms with E-state index in [-0.39, 0.29) is 18.0 Å². The van der Waals surface area contributed by atoms with Crippen LogP contribution in [0.15, 0.2) is 84.1 Å². The molecule has 0 saturated heterocycles. The second-order valence-electron chi connectivity index (χ2n) is 7.66. The molecule has 8 nitrogen and oxygen atoms in total. The van der Waals surface area contributed by atoms with E-state index in [9.17, 15) is 12.8 Å². The van der Waals surface area contributed by atoms with Crippen LogP contribution in [0.5, 0.6) is 5.75 Å². The lowest BCUT2D eigenvalue weighted by atomic mass is 10.00. The Morgan fingerprint density at radius 3 is 2.66 bits per heavy atom. The number of anilines is 1. The van der Waals surface area contributed by atoms with Crippen LogP contribution >= 0.6 is 0 Å². The largest absolute Gasteiger partial charge is 0.496 e. The van der Waals surface area contributed by atoms with Crippen molar-refractivity contribution in [3.8, 4) is 16.9 Å². The van der Waals surface area contributed by atoms with Gasteiger partial charge in [0.15, 0.2) is 0 Å². The third kappa shape index (κ3) is 4.51. The number of hydrazine groups is 1. The van der Waals surface area contributed by atoms with Gasteiger partial charge in [-0.2, -0.15) is 0 Å². The number of sulfonamides is 1. The summed E-state index contributed by atoms with van der Waals surface area (Å²) in [6.07, 6.45) is 4.40. The molecular formula is C25H22FN5O3S. The van der Waals surface area contributed by atoms with E-state index in [2.05, 4.69) is 25.5 Å². The summed E-state index contributed by atoms with van der Waals surface area (Å²) in [6.45, 7) is 0. The van der Waals surface area contributed by atoms with Gasteiger partial charge in [-0.05, 0) is 53.6 Å². The summed E-state index contributed by atoms with van der Waals surface area (Å²) < 4.78 is 47.5. The lowest BCUT2D eigenvalue weighted by molar-refractivity contribution is 0.413. The molecule has 3 aromatic carbocycles. The van der Waals surface area contributed by atoms with Gasteiger partial charge < -0.3 is 15.6 Å². The molecule has 35 heavy (non-hydrogen) atoms. The van der Waals surface area contributed by atoms with Gasteiger partial charge in [-0.25, -0.2) is 22.8 Å². The van der Waals surface area contributed by atoms with E-state index in [1.165, 1.54) is 36.8 Å². The number of nitrogens with one attached hydrogen (secondary N) is 3. The molecule has 0 radical (unpaired) electrons. The second kappa shape index (κ2) is 9.07. The number of rotatable bonds is 6. The summed E-state index contributed by atoms with van der Waals surface area (Å²) >= 11 is 0. The fourth-order valence-electron chi connectivity index (χ4n) is 3.81. The third-order valence-electron chi connectivity index (χ3n) is 5.48. The van der Waals surface area contributed by atoms with Gasteiger partial charge in [-0.1, -0.05) is 24.3 Å². The Morgan fingerprint density at radius 2 is 1.89 bits per heavy atom. The highest BCUT2D eigenvalue weighted by Crippen LogP contribution is 2.30. The Hall–Kier alpha value is -4.44. The first-order valence-corrected chi connectivity index (χ1v) is 12.0. The first kappa shape index (κ1) is 22.4. The molecule has 0 bridgehead atoms. The van der Waals surface area contributed by atoms with Crippen molar-refractivity contribution in [2.75, 3.05) is 11.8 Å². The number of fused-ring (bicyclic) bond motifs is 1. The zero-order chi connectivity index (χ0) is 24.4. The Kier molecular flexibility index (Phi) is 5.79. The van der Waals surface area contributed by atoms with E-state index in [0.29, 0.717) is 16.7 Å². The molecule has 0 saturated carbocycles. The van der Waals surface area contributed by atoms with Crippen LogP contribution in [0.25, 0.3) is 23.0 Å². The smallest absolute Gasteiger partial charge is 0.263 e. The van der Waals surface area contributed by atoms with Crippen LogP contribution in [0.4, 0.5) is 10.2 Å². The summed E-state index contributed by atoms with van der Waals surface area (Å²) in [4.78, 5) is 7.78. The maximum absolute atomic E-state index is 13.7. The molecule has 0 spiro atoms. The van der Waals surface area contributed by atoms with E-state index in [1.807, 2.05) is 24.3 Å². The van der Waals surface area contributed by atoms with Gasteiger partial charge in [0.05, 0.1) is 17.7 Å². The van der Waals surface area contributed by atoms with E-state index < -0.39 is 10.0 Å². The van der Waals surface area contributed by atoms with Crippen LogP contribution in [-0.4, -0.2) is 25.5 Å². The molecule has 3 N–H and O–H groups in total. The summed E-state index contributed by atoms with van der Waals surface area (Å²) in [6, 6.07) is 18.2. The number of aromatic nitrogens is 2. The minimum Gasteiger partial charge on any atom is -0.496 e. The standard InChI is InChI=1S/C25H20FN5O3S.H2/c1-34-23-13-17(16-3-2-4-19(26)11-16)5-7-22(23)25-21-8-6-20(12-18(21)14-29-30-25)35(32,33)31-24-9-10-27-15-28-24;/h2-15,29-30H,1H3,(H,27,28,31);1H. The number of hydrogen-bond acceptors (Lipinski definition) is 7. The molecule has 2 heterocycles. The maximum atomic E-state index is 13.7. The Bertz CT molecular complexity index is 1650. The Morgan fingerprint density at radius 1 is 1.03 bits per heavy atom. The molecule has 178 valence electrons. The molecular weight excluding hydrogens is 469 g/mol. The average Bonchev–Trinajstić information content (AvgIpc) is 2.88. The van der Waals surface area contributed by atoms with E-state index >= 15 is 0 Å². The first-order chi connectivity index (χ1) is 16.9. The molecule has 1 aliphatic rings. The van der Waals surface area contributed by atoms with Crippen LogP contribution in [-0.2, 0) is 10.0 Å². The number of methoxy groups -OCH3 is 1. The van der Waals surface area contributed by atoms with Gasteiger partial charge in [0, 0.05) is 29.8 Å². The predicted octanol–water partition coefficient (Wildman–Crippen LogP) is 2.34. The number of benzene rings is 3. The van der Waals surface area contributed by atoms with Crippen LogP contribution < -0.4 is 30.7 Å². The zero-order valence-corrected chi connectivity index (χ0v) is 19.3. The molecule has 5 rings (SSSR count). The van der Waals surface area contributed by atoms with Crippen molar-refractivity contribution in [2.45, 2.75) is 4.90 Å². The molecule has 1 aromatic heterocycles. The van der Waals surface area contributed by atoms with E-state index in [0.717, 1.165) is 21.9 Å². The van der Waals surface area contributed by atoms with Crippen molar-refractivity contribution in [1.29, 1.82) is 0 Å². The van der Waals surface area contributed by atoms with E-state index in [4.69, 9.17) is 4.74 Å². The van der Waals surface area contributed by atoms with Gasteiger partial charge in [0.25, 0.3) is 10.0 Å². The molecule has 1 aliphatic heterocycles. The normalized spacial score (nSPS) is 12.6. The van der Waals surface area contributed by atoms with Gasteiger partial charge >= 0.3 is 0 Å². The monoisotopic (exact) mass is 491 g/mol. The fourth-order valence-corrected chi connectivity index (χ4v) is 4.86. The number of nitrogens with zero attached hydrogens (tertiary/aromatic N) is 2. The second-order valence-corrected chi connectivity index (χ2v) is 9.35. The fraction of sp³-hybridized carbons (Fsp3) is 0.0400. The van der Waals surface area contributed by atoms with Crippen molar-refractivity contribution in [3.05, 3.63) is 101 Å². The summed E-state index contributed by atoms with van der Waals surface area (Å²) in [7, 11) is -2.29. The van der Waals surface area contributed by atoms with Crippen LogP contribution in [0.1, 0.15) is 6.99 Å². The van der Waals surface area contributed by atoms with Crippen LogP contribution in [0.2, 0.25) is 0 Å². The Labute approximate surface area is 202 Å². The quantitative estimate of drug-likeness (QED) is 0.380. The predicted molar refractivity (Wildman–Crippen MR) is 132 cm³/mol. The first-order valence-electron chi connectivity index (χ1n) is 10.5. The van der Waals surface area contributed by atoms with Crippen molar-refractivity contribution >= 4 is 27.7 Å². The van der Waals surface area contributed by atoms with Crippen LogP contribution in [0.3, 0.4) is 0 Å². The topological polar surface area (TPSA) is 105 Å². The lowest BCUT2D eigenvalue weighted by Gasteiger charge is -2.19. The maximum Gasteiger partial charge on any atom is 0.263 e. The minimum absolute atomic E-state index is 0. The molecule has 10 heteroatoms. The molecule has 0 fully saturated rings. The van der Waals surface area contributed by atoms with Crippen LogP contribution in [0, 0.1) is 5.82 Å². The van der Waals surface area contributed by atoms with Crippen molar-refractivity contribution < 1.29 is 19.0 Å². The highest BCUT2D eigenvalue weighted by Gasteiger charge is 2.18. The molecule has 4 aromatic rings. The number of hydrogen-bond donors (Lipinski definition) is 3. The summed E-state index contributed by atoms with van der Waals surface area (Å²) in [5, 5.41) is 1.45. The SMILES string of the molecule is COc1cc(-c2cccc(F)c2)ccc1C1=c2ccc(S(=O)(=O)Nc3ccncn3)cc2=CNN1.[HH]. The number of ether oxygens (including phenoxy) is 1. The molecule has 0 aliphatic carbocycles. The van der Waals surface area contributed by atoms with Gasteiger partial charge in [-0.15, -0.1) is 0 Å². The average molecular weight is 492 g/mol. The van der Waals surface area contributed by atoms with Crippen molar-refractivity contribution in [2.24, 2.45) is 0 Å². The van der Waals surface area contributed by atoms with Gasteiger partial charge in [0.2, 0.25) is 0 Å². The zero-order valence-electron chi connectivity index (χ0n) is 18.5. The van der Waals surface area contributed by atoms with Crippen molar-refractivity contribution in [3.63, 3.8) is 0 Å². The van der Waals surface area contributed by atoms with Gasteiger partial charge in [-0.3, -0.25) is 4.72 Å². The van der Waals surface area contributed by atoms with E-state index in [1.54, 1.807) is 31.5 Å². The molecule has 0 unspecified atom stereocenters. The Balaban J connectivity index is 0.00000304. The molecule has 0 atom stereocenters. The highest BCUT2D eigenvalue weighted by molar-refractivity contribution is 7.92. The third-order valence-corrected chi connectivity index (χ3v) is 6.83. The van der Waals surface area contributed by atoms with Gasteiger partial charge in [0.1, 0.15) is 23.7 Å². The number of halogens is 1. The minimum atomic E-state index is -3.85. The lowest BCUT2D eigenvalue weighted by Crippen LogP contribution is -2.44. The summed E-state index contributed by atoms with van der Waals surface area (Å²) in [5.41, 5.74) is 9.09. The highest BCUT2D eigenvalue weighted by atomic mass is 32.2.